The van der Waals surface area contributed by atoms with Crippen molar-refractivity contribution in [1.29, 1.82) is 0 Å². The third-order valence-corrected chi connectivity index (χ3v) is 3.61. The molecule has 1 aromatic carbocycles. The van der Waals surface area contributed by atoms with Gasteiger partial charge in [-0.3, -0.25) is 4.79 Å². The Balaban J connectivity index is 3.02. The number of carbonyl (C=O) groups is 1. The van der Waals surface area contributed by atoms with Gasteiger partial charge in [0.15, 0.2) is 11.5 Å². The molecule has 0 bridgehead atoms. The first-order valence-corrected chi connectivity index (χ1v) is 7.79. The molecule has 1 rings (SSSR count). The second-order valence-electron chi connectivity index (χ2n) is 5.22. The average molecular weight is 309 g/mol. The molecule has 0 saturated heterocycles. The highest BCUT2D eigenvalue weighted by molar-refractivity contribution is 5.94. The van der Waals surface area contributed by atoms with Crippen LogP contribution in [0, 0.1) is 0 Å². The van der Waals surface area contributed by atoms with Crippen molar-refractivity contribution in [3.05, 3.63) is 17.7 Å². The molecular formula is C17H27NO4. The SMILES string of the molecule is CCCCCC(CC)Oc1c(OC)cc(C(N)=O)cc1OC. The van der Waals surface area contributed by atoms with Crippen LogP contribution in [0.15, 0.2) is 12.1 Å². The van der Waals surface area contributed by atoms with E-state index in [1.165, 1.54) is 27.1 Å². The van der Waals surface area contributed by atoms with Gasteiger partial charge in [0.1, 0.15) is 0 Å². The van der Waals surface area contributed by atoms with E-state index in [1.54, 1.807) is 12.1 Å². The van der Waals surface area contributed by atoms with Crippen molar-refractivity contribution in [3.63, 3.8) is 0 Å². The van der Waals surface area contributed by atoms with E-state index in [-0.39, 0.29) is 6.10 Å². The van der Waals surface area contributed by atoms with Gasteiger partial charge in [-0.2, -0.15) is 0 Å². The smallest absolute Gasteiger partial charge is 0.248 e. The lowest BCUT2D eigenvalue weighted by atomic mass is 10.1. The second-order valence-corrected chi connectivity index (χ2v) is 5.22. The van der Waals surface area contributed by atoms with Gasteiger partial charge in [0.25, 0.3) is 0 Å². The van der Waals surface area contributed by atoms with Gasteiger partial charge in [-0.05, 0) is 31.4 Å². The fourth-order valence-electron chi connectivity index (χ4n) is 2.27. The summed E-state index contributed by atoms with van der Waals surface area (Å²) in [7, 11) is 3.06. The molecule has 0 fully saturated rings. The van der Waals surface area contributed by atoms with Crippen LogP contribution in [-0.2, 0) is 0 Å². The Bertz CT molecular complexity index is 463. The van der Waals surface area contributed by atoms with Crippen LogP contribution in [-0.4, -0.2) is 26.2 Å². The molecule has 0 radical (unpaired) electrons. The minimum Gasteiger partial charge on any atom is -0.493 e. The van der Waals surface area contributed by atoms with Crippen molar-refractivity contribution >= 4 is 5.91 Å². The van der Waals surface area contributed by atoms with Gasteiger partial charge >= 0.3 is 0 Å². The van der Waals surface area contributed by atoms with Crippen molar-refractivity contribution in [2.75, 3.05) is 14.2 Å². The predicted molar refractivity (Wildman–Crippen MR) is 86.9 cm³/mol. The minimum absolute atomic E-state index is 0.0915. The van der Waals surface area contributed by atoms with Gasteiger partial charge in [-0.25, -0.2) is 0 Å². The molecule has 5 nitrogen and oxygen atoms in total. The van der Waals surface area contributed by atoms with E-state index in [0.717, 1.165) is 19.3 Å². The molecule has 0 heterocycles. The van der Waals surface area contributed by atoms with E-state index >= 15 is 0 Å². The molecule has 2 N–H and O–H groups in total. The van der Waals surface area contributed by atoms with Crippen LogP contribution in [0.3, 0.4) is 0 Å². The van der Waals surface area contributed by atoms with Gasteiger partial charge in [0.05, 0.1) is 20.3 Å². The molecule has 22 heavy (non-hydrogen) atoms. The summed E-state index contributed by atoms with van der Waals surface area (Å²) >= 11 is 0. The van der Waals surface area contributed by atoms with Crippen LogP contribution in [0.25, 0.3) is 0 Å². The van der Waals surface area contributed by atoms with Gasteiger partial charge < -0.3 is 19.9 Å². The molecule has 0 aromatic heterocycles. The predicted octanol–water partition coefficient (Wildman–Crippen LogP) is 3.54. The maximum Gasteiger partial charge on any atom is 0.248 e. The fraction of sp³-hybridized carbons (Fsp3) is 0.588. The zero-order valence-electron chi connectivity index (χ0n) is 14.0. The van der Waals surface area contributed by atoms with Crippen LogP contribution in [0.2, 0.25) is 0 Å². The van der Waals surface area contributed by atoms with Crippen LogP contribution in [0.5, 0.6) is 17.2 Å². The minimum atomic E-state index is -0.530. The Morgan fingerprint density at radius 1 is 1.14 bits per heavy atom. The number of ether oxygens (including phenoxy) is 3. The Kier molecular flexibility index (Phi) is 7.57. The number of carbonyl (C=O) groups excluding carboxylic acids is 1. The number of nitrogens with two attached hydrogens (primary N) is 1. The summed E-state index contributed by atoms with van der Waals surface area (Å²) in [5.41, 5.74) is 5.66. The highest BCUT2D eigenvalue weighted by Gasteiger charge is 2.19. The summed E-state index contributed by atoms with van der Waals surface area (Å²) in [5, 5.41) is 0. The van der Waals surface area contributed by atoms with Gasteiger partial charge in [-0.15, -0.1) is 0 Å². The molecule has 1 amide bonds. The maximum atomic E-state index is 11.4. The molecule has 0 saturated carbocycles. The molecule has 0 aliphatic heterocycles. The summed E-state index contributed by atoms with van der Waals surface area (Å²) in [6, 6.07) is 3.16. The molecule has 5 heteroatoms. The standard InChI is InChI=1S/C17H27NO4/c1-5-7-8-9-13(6-2)22-16-14(20-3)10-12(17(18)19)11-15(16)21-4/h10-11,13H,5-9H2,1-4H3,(H2,18,19). The normalized spacial score (nSPS) is 11.8. The number of primary amides is 1. The fourth-order valence-corrected chi connectivity index (χ4v) is 2.27. The van der Waals surface area contributed by atoms with Crippen LogP contribution >= 0.6 is 0 Å². The molecule has 0 aliphatic rings. The van der Waals surface area contributed by atoms with Crippen molar-refractivity contribution in [3.8, 4) is 17.2 Å². The van der Waals surface area contributed by atoms with Crippen molar-refractivity contribution < 1.29 is 19.0 Å². The number of benzene rings is 1. The van der Waals surface area contributed by atoms with E-state index in [0.29, 0.717) is 22.8 Å². The van der Waals surface area contributed by atoms with E-state index in [1.807, 2.05) is 0 Å². The second kappa shape index (κ2) is 9.18. The molecular weight excluding hydrogens is 282 g/mol. The van der Waals surface area contributed by atoms with Gasteiger partial charge in [0, 0.05) is 5.56 Å². The van der Waals surface area contributed by atoms with Crippen molar-refractivity contribution in [2.24, 2.45) is 5.73 Å². The number of amides is 1. The summed E-state index contributed by atoms with van der Waals surface area (Å²) in [4.78, 5) is 11.4. The largest absolute Gasteiger partial charge is 0.493 e. The summed E-state index contributed by atoms with van der Waals surface area (Å²) < 4.78 is 16.8. The van der Waals surface area contributed by atoms with Crippen molar-refractivity contribution in [2.45, 2.75) is 52.1 Å². The topological polar surface area (TPSA) is 70.8 Å². The quantitative estimate of drug-likeness (QED) is 0.671. The first-order valence-electron chi connectivity index (χ1n) is 7.79. The lowest BCUT2D eigenvalue weighted by Crippen LogP contribution is -2.17. The van der Waals surface area contributed by atoms with Crippen LogP contribution in [0.1, 0.15) is 56.3 Å². The van der Waals surface area contributed by atoms with Crippen LogP contribution in [0.4, 0.5) is 0 Å². The first kappa shape index (κ1) is 18.1. The number of hydrogen-bond acceptors (Lipinski definition) is 4. The molecule has 0 aliphatic carbocycles. The Hall–Kier alpha value is -1.91. The molecule has 1 atom stereocenters. The molecule has 1 aromatic rings. The highest BCUT2D eigenvalue weighted by atomic mass is 16.5. The Morgan fingerprint density at radius 3 is 2.14 bits per heavy atom. The third-order valence-electron chi connectivity index (χ3n) is 3.61. The number of unbranched alkanes of at least 4 members (excludes halogenated alkanes) is 2. The average Bonchev–Trinajstić information content (AvgIpc) is 2.53. The summed E-state index contributed by atoms with van der Waals surface area (Å²) in [5.74, 6) is 0.917. The third kappa shape index (κ3) is 4.83. The van der Waals surface area contributed by atoms with E-state index in [9.17, 15) is 4.79 Å². The Morgan fingerprint density at radius 2 is 1.73 bits per heavy atom. The van der Waals surface area contributed by atoms with Gasteiger partial charge in [-0.1, -0.05) is 26.7 Å². The lowest BCUT2D eigenvalue weighted by Gasteiger charge is -2.21. The summed E-state index contributed by atoms with van der Waals surface area (Å²) in [6.07, 6.45) is 5.46. The number of hydrogen-bond donors (Lipinski definition) is 1. The highest BCUT2D eigenvalue weighted by Crippen LogP contribution is 2.39. The van der Waals surface area contributed by atoms with Crippen molar-refractivity contribution in [1.82, 2.24) is 0 Å². The van der Waals surface area contributed by atoms with E-state index < -0.39 is 5.91 Å². The zero-order chi connectivity index (χ0) is 16.5. The Labute approximate surface area is 132 Å². The number of methoxy groups -OCH3 is 2. The first-order chi connectivity index (χ1) is 10.6. The van der Waals surface area contributed by atoms with Gasteiger partial charge in [0.2, 0.25) is 11.7 Å². The van der Waals surface area contributed by atoms with E-state index in [4.69, 9.17) is 19.9 Å². The lowest BCUT2D eigenvalue weighted by molar-refractivity contribution is 0.0999. The summed E-state index contributed by atoms with van der Waals surface area (Å²) in [6.45, 7) is 4.27. The van der Waals surface area contributed by atoms with E-state index in [2.05, 4.69) is 13.8 Å². The number of rotatable bonds is 10. The maximum absolute atomic E-state index is 11.4. The molecule has 1 unspecified atom stereocenters. The zero-order valence-corrected chi connectivity index (χ0v) is 14.0. The van der Waals surface area contributed by atoms with Crippen LogP contribution < -0.4 is 19.9 Å². The molecule has 0 spiro atoms. The monoisotopic (exact) mass is 309 g/mol. The molecule has 124 valence electrons.